The van der Waals surface area contributed by atoms with Crippen molar-refractivity contribution in [3.05, 3.63) is 47.8 Å². The first-order chi connectivity index (χ1) is 17.2. The number of rotatable bonds is 11. The van der Waals surface area contributed by atoms with Crippen molar-refractivity contribution in [2.75, 3.05) is 20.3 Å². The van der Waals surface area contributed by atoms with Crippen LogP contribution in [-0.4, -0.2) is 54.6 Å². The first-order valence-corrected chi connectivity index (χ1v) is 11.8. The van der Waals surface area contributed by atoms with Gasteiger partial charge in [-0.2, -0.15) is 0 Å². The maximum Gasteiger partial charge on any atom is 0.414 e. The minimum absolute atomic E-state index is 0.0119. The summed E-state index contributed by atoms with van der Waals surface area (Å²) in [7, 11) is 1.67. The number of hydrogen-bond donors (Lipinski definition) is 3. The first-order valence-electron chi connectivity index (χ1n) is 11.8. The van der Waals surface area contributed by atoms with Gasteiger partial charge in [0.15, 0.2) is 11.5 Å². The minimum atomic E-state index is -1.82. The molecule has 0 heterocycles. The summed E-state index contributed by atoms with van der Waals surface area (Å²) in [4.78, 5) is 18.2. The SMILES string of the molecule is COc1ccc(OC2CCCC2)cc1CNCCOc1cc(F)ccc1OC(C)C.O=C(O)C(=O)O. The van der Waals surface area contributed by atoms with Crippen LogP contribution in [0.5, 0.6) is 23.0 Å². The maximum absolute atomic E-state index is 13.6. The van der Waals surface area contributed by atoms with E-state index in [9.17, 15) is 4.39 Å². The van der Waals surface area contributed by atoms with Gasteiger partial charge < -0.3 is 34.5 Å². The number of nitrogens with one attached hydrogen (secondary N) is 1. The van der Waals surface area contributed by atoms with Gasteiger partial charge in [0.1, 0.15) is 23.9 Å². The lowest BCUT2D eigenvalue weighted by Crippen LogP contribution is -2.21. The third-order valence-electron chi connectivity index (χ3n) is 5.16. The van der Waals surface area contributed by atoms with Gasteiger partial charge in [0.25, 0.3) is 0 Å². The molecule has 0 spiro atoms. The summed E-state index contributed by atoms with van der Waals surface area (Å²) < 4.78 is 36.6. The average molecular weight is 508 g/mol. The second-order valence-electron chi connectivity index (χ2n) is 8.39. The Morgan fingerprint density at radius 3 is 2.31 bits per heavy atom. The molecular formula is C26H34FNO8. The molecule has 0 radical (unpaired) electrons. The highest BCUT2D eigenvalue weighted by Crippen LogP contribution is 2.30. The fraction of sp³-hybridized carbons (Fsp3) is 0.462. The Labute approximate surface area is 210 Å². The van der Waals surface area contributed by atoms with Gasteiger partial charge in [0, 0.05) is 24.7 Å². The molecule has 1 aliphatic carbocycles. The number of ether oxygens (including phenoxy) is 4. The van der Waals surface area contributed by atoms with Crippen molar-refractivity contribution in [3.8, 4) is 23.0 Å². The molecule has 1 saturated carbocycles. The molecule has 1 aliphatic rings. The van der Waals surface area contributed by atoms with E-state index >= 15 is 0 Å². The number of methoxy groups -OCH3 is 1. The number of carboxylic acids is 2. The molecule has 2 aromatic carbocycles. The zero-order chi connectivity index (χ0) is 26.5. The molecule has 10 heteroatoms. The Hall–Kier alpha value is -3.53. The van der Waals surface area contributed by atoms with E-state index in [4.69, 9.17) is 38.7 Å². The highest BCUT2D eigenvalue weighted by molar-refractivity contribution is 6.27. The van der Waals surface area contributed by atoms with Crippen molar-refractivity contribution in [1.82, 2.24) is 5.32 Å². The van der Waals surface area contributed by atoms with Crippen molar-refractivity contribution >= 4 is 11.9 Å². The van der Waals surface area contributed by atoms with Gasteiger partial charge in [-0.25, -0.2) is 14.0 Å². The third kappa shape index (κ3) is 9.99. The van der Waals surface area contributed by atoms with Crippen LogP contribution < -0.4 is 24.3 Å². The molecule has 36 heavy (non-hydrogen) atoms. The Morgan fingerprint density at radius 2 is 1.69 bits per heavy atom. The second-order valence-corrected chi connectivity index (χ2v) is 8.39. The van der Waals surface area contributed by atoms with Crippen molar-refractivity contribution in [2.45, 2.75) is 58.3 Å². The van der Waals surface area contributed by atoms with Gasteiger partial charge in [0.05, 0.1) is 19.3 Å². The lowest BCUT2D eigenvalue weighted by atomic mass is 10.2. The summed E-state index contributed by atoms with van der Waals surface area (Å²) in [5.41, 5.74) is 1.03. The van der Waals surface area contributed by atoms with Crippen LogP contribution in [0.3, 0.4) is 0 Å². The van der Waals surface area contributed by atoms with Crippen molar-refractivity contribution in [3.63, 3.8) is 0 Å². The number of carbonyl (C=O) groups is 2. The van der Waals surface area contributed by atoms with Gasteiger partial charge in [-0.05, 0) is 69.9 Å². The van der Waals surface area contributed by atoms with Crippen LogP contribution in [0.15, 0.2) is 36.4 Å². The number of hydrogen-bond acceptors (Lipinski definition) is 7. The topological polar surface area (TPSA) is 124 Å². The summed E-state index contributed by atoms with van der Waals surface area (Å²) in [6, 6.07) is 10.3. The fourth-order valence-electron chi connectivity index (χ4n) is 3.57. The van der Waals surface area contributed by atoms with E-state index in [2.05, 4.69) is 5.32 Å². The quantitative estimate of drug-likeness (QED) is 0.302. The zero-order valence-electron chi connectivity index (χ0n) is 20.8. The number of carboxylic acid groups (broad SMARTS) is 2. The van der Waals surface area contributed by atoms with E-state index in [0.717, 1.165) is 29.9 Å². The molecule has 0 amide bonds. The van der Waals surface area contributed by atoms with Crippen LogP contribution >= 0.6 is 0 Å². The minimum Gasteiger partial charge on any atom is -0.496 e. The van der Waals surface area contributed by atoms with Gasteiger partial charge in [-0.15, -0.1) is 0 Å². The molecule has 3 N–H and O–H groups in total. The van der Waals surface area contributed by atoms with Crippen molar-refractivity contribution in [2.24, 2.45) is 0 Å². The van der Waals surface area contributed by atoms with Crippen LogP contribution in [0.1, 0.15) is 45.1 Å². The van der Waals surface area contributed by atoms with E-state index in [1.807, 2.05) is 32.0 Å². The molecule has 3 rings (SSSR count). The number of benzene rings is 2. The van der Waals surface area contributed by atoms with Gasteiger partial charge in [-0.1, -0.05) is 0 Å². The average Bonchev–Trinajstić information content (AvgIpc) is 3.34. The smallest absolute Gasteiger partial charge is 0.414 e. The summed E-state index contributed by atoms with van der Waals surface area (Å²) >= 11 is 0. The van der Waals surface area contributed by atoms with Gasteiger partial charge in [0.2, 0.25) is 0 Å². The first kappa shape index (κ1) is 28.7. The molecule has 2 aromatic rings. The molecule has 0 saturated heterocycles. The van der Waals surface area contributed by atoms with Crippen molar-refractivity contribution < 1.29 is 43.1 Å². The Morgan fingerprint density at radius 1 is 1.03 bits per heavy atom. The van der Waals surface area contributed by atoms with Crippen LogP contribution in [-0.2, 0) is 16.1 Å². The van der Waals surface area contributed by atoms with Crippen LogP contribution in [0, 0.1) is 5.82 Å². The molecule has 0 bridgehead atoms. The molecule has 0 aromatic heterocycles. The molecule has 198 valence electrons. The third-order valence-corrected chi connectivity index (χ3v) is 5.16. The van der Waals surface area contributed by atoms with Crippen molar-refractivity contribution in [1.29, 1.82) is 0 Å². The Bertz CT molecular complexity index is 980. The molecule has 0 aliphatic heterocycles. The molecule has 9 nitrogen and oxygen atoms in total. The van der Waals surface area contributed by atoms with E-state index in [0.29, 0.717) is 37.3 Å². The molecule has 0 atom stereocenters. The number of aliphatic carboxylic acids is 2. The fourth-order valence-corrected chi connectivity index (χ4v) is 3.57. The largest absolute Gasteiger partial charge is 0.496 e. The summed E-state index contributed by atoms with van der Waals surface area (Å²) in [5.74, 6) is -1.34. The van der Waals surface area contributed by atoms with Crippen LogP contribution in [0.2, 0.25) is 0 Å². The van der Waals surface area contributed by atoms with E-state index in [1.54, 1.807) is 13.2 Å². The molecule has 1 fully saturated rings. The predicted octanol–water partition coefficient (Wildman–Crippen LogP) is 4.27. The van der Waals surface area contributed by atoms with Gasteiger partial charge in [-0.3, -0.25) is 0 Å². The Balaban J connectivity index is 0.000000678. The normalized spacial score (nSPS) is 13.0. The second kappa shape index (κ2) is 14.8. The lowest BCUT2D eigenvalue weighted by Gasteiger charge is -2.17. The Kier molecular flexibility index (Phi) is 11.8. The van der Waals surface area contributed by atoms with E-state index in [1.165, 1.54) is 25.0 Å². The monoisotopic (exact) mass is 507 g/mol. The van der Waals surface area contributed by atoms with Crippen LogP contribution in [0.4, 0.5) is 4.39 Å². The van der Waals surface area contributed by atoms with Gasteiger partial charge >= 0.3 is 11.9 Å². The standard InChI is InChI=1S/C24H32FNO4.C2H2O4/c1-17(2)29-23-10-8-19(25)15-24(23)28-13-12-26-16-18-14-21(9-11-22(18)27-3)30-20-6-4-5-7-20;3-1(4)2(5)6/h8-11,14-15,17,20,26H,4-7,12-13,16H2,1-3H3;(H,3,4)(H,5,6). The highest BCUT2D eigenvalue weighted by Gasteiger charge is 2.17. The maximum atomic E-state index is 13.6. The highest BCUT2D eigenvalue weighted by atomic mass is 19.1. The van der Waals surface area contributed by atoms with E-state index < -0.39 is 11.9 Å². The molecule has 0 unspecified atom stereocenters. The van der Waals surface area contributed by atoms with Crippen LogP contribution in [0.25, 0.3) is 0 Å². The summed E-state index contributed by atoms with van der Waals surface area (Å²) in [6.07, 6.45) is 5.04. The molecular weight excluding hydrogens is 473 g/mol. The lowest BCUT2D eigenvalue weighted by molar-refractivity contribution is -0.159. The van der Waals surface area contributed by atoms with E-state index in [-0.39, 0.29) is 11.9 Å². The summed E-state index contributed by atoms with van der Waals surface area (Å²) in [6.45, 7) is 5.44. The zero-order valence-corrected chi connectivity index (χ0v) is 20.8. The summed E-state index contributed by atoms with van der Waals surface area (Å²) in [5, 5.41) is 18.1. The number of halogens is 1. The predicted molar refractivity (Wildman–Crippen MR) is 131 cm³/mol.